The van der Waals surface area contributed by atoms with Crippen molar-refractivity contribution in [1.29, 1.82) is 0 Å². The maximum atomic E-state index is 13.9. The quantitative estimate of drug-likeness (QED) is 0.760. The van der Waals surface area contributed by atoms with E-state index in [9.17, 15) is 14.0 Å². The van der Waals surface area contributed by atoms with Crippen LogP contribution in [0.3, 0.4) is 0 Å². The zero-order valence-electron chi connectivity index (χ0n) is 17.9. The number of amides is 2. The summed E-state index contributed by atoms with van der Waals surface area (Å²) >= 11 is 0. The molecule has 2 aliphatic rings. The first-order valence-corrected chi connectivity index (χ1v) is 10.2. The Bertz CT molecular complexity index is 1070. The molecule has 1 aliphatic carbocycles. The van der Waals surface area contributed by atoms with E-state index in [1.165, 1.54) is 12.1 Å². The van der Waals surface area contributed by atoms with Crippen LogP contribution in [0.15, 0.2) is 18.2 Å². The minimum absolute atomic E-state index is 0.0135. The molecule has 0 saturated carbocycles. The molecule has 2 aromatic rings. The number of carbonyl (C=O) groups excluding carboxylic acids is 2. The van der Waals surface area contributed by atoms with E-state index >= 15 is 0 Å². The van der Waals surface area contributed by atoms with Crippen LogP contribution in [0, 0.1) is 12.7 Å². The van der Waals surface area contributed by atoms with E-state index in [2.05, 4.69) is 10.3 Å². The van der Waals surface area contributed by atoms with Crippen LogP contribution >= 0.6 is 0 Å². The van der Waals surface area contributed by atoms with Crippen molar-refractivity contribution in [3.05, 3.63) is 52.1 Å². The molecule has 2 heterocycles. The van der Waals surface area contributed by atoms with Crippen LogP contribution in [0.5, 0.6) is 0 Å². The number of carbonyl (C=O) groups is 2. The third kappa shape index (κ3) is 3.43. The Morgan fingerprint density at radius 3 is 2.67 bits per heavy atom. The summed E-state index contributed by atoms with van der Waals surface area (Å²) in [5, 5.41) is 2.84. The van der Waals surface area contributed by atoms with E-state index in [-0.39, 0.29) is 17.6 Å². The first-order chi connectivity index (χ1) is 14.3. The zero-order chi connectivity index (χ0) is 21.6. The maximum absolute atomic E-state index is 13.9. The Kier molecular flexibility index (Phi) is 5.24. The Balaban J connectivity index is 1.78. The van der Waals surface area contributed by atoms with Crippen LogP contribution in [0.4, 0.5) is 10.1 Å². The molecule has 158 valence electrons. The van der Waals surface area contributed by atoms with Crippen LogP contribution in [0.1, 0.15) is 45.7 Å². The second-order valence-corrected chi connectivity index (χ2v) is 8.36. The van der Waals surface area contributed by atoms with E-state index in [0.29, 0.717) is 35.4 Å². The fraction of sp³-hybridized carbons (Fsp3) is 0.391. The monoisotopic (exact) mass is 410 g/mol. The predicted molar refractivity (Wildman–Crippen MR) is 116 cm³/mol. The van der Waals surface area contributed by atoms with E-state index in [0.717, 1.165) is 41.9 Å². The summed E-state index contributed by atoms with van der Waals surface area (Å²) in [7, 11) is 5.78. The van der Waals surface area contributed by atoms with Gasteiger partial charge >= 0.3 is 0 Å². The molecule has 4 rings (SSSR count). The third-order valence-corrected chi connectivity index (χ3v) is 5.92. The van der Waals surface area contributed by atoms with Crippen LogP contribution in [0.2, 0.25) is 0 Å². The van der Waals surface area contributed by atoms with Crippen molar-refractivity contribution in [2.75, 3.05) is 39.5 Å². The minimum Gasteiger partial charge on any atom is -0.358 e. The number of benzene rings is 1. The predicted octanol–water partition coefficient (Wildman–Crippen LogP) is 3.30. The Morgan fingerprint density at radius 1 is 1.17 bits per heavy atom. The topological polar surface area (TPSA) is 68.4 Å². The number of nitrogens with one attached hydrogen (secondary N) is 2. The highest BCUT2D eigenvalue weighted by Gasteiger charge is 2.33. The van der Waals surface area contributed by atoms with Crippen LogP contribution in [-0.4, -0.2) is 60.8 Å². The number of rotatable bonds is 4. The van der Waals surface area contributed by atoms with Crippen LogP contribution in [-0.2, 0) is 11.2 Å². The first kappa shape index (κ1) is 20.3. The van der Waals surface area contributed by atoms with Gasteiger partial charge in [-0.1, -0.05) is 0 Å². The highest BCUT2D eigenvalue weighted by molar-refractivity contribution is 6.36. The van der Waals surface area contributed by atoms with E-state index in [4.69, 9.17) is 0 Å². The summed E-state index contributed by atoms with van der Waals surface area (Å²) in [6.45, 7) is 3.32. The van der Waals surface area contributed by atoms with Gasteiger partial charge in [0.25, 0.3) is 11.8 Å². The summed E-state index contributed by atoms with van der Waals surface area (Å²) in [5.41, 5.74) is 5.88. The summed E-state index contributed by atoms with van der Waals surface area (Å²) < 4.78 is 13.9. The van der Waals surface area contributed by atoms with Gasteiger partial charge in [0.05, 0.1) is 11.1 Å². The second-order valence-electron chi connectivity index (χ2n) is 8.36. The fourth-order valence-electron chi connectivity index (χ4n) is 4.37. The first-order valence-electron chi connectivity index (χ1n) is 10.2. The molecule has 7 heteroatoms. The van der Waals surface area contributed by atoms with Crippen molar-refractivity contribution in [2.45, 2.75) is 26.2 Å². The molecule has 1 aromatic carbocycles. The van der Waals surface area contributed by atoms with Crippen molar-refractivity contribution in [1.82, 2.24) is 14.8 Å². The molecule has 0 atom stereocenters. The van der Waals surface area contributed by atoms with E-state index in [1.807, 2.05) is 33.0 Å². The lowest BCUT2D eigenvalue weighted by Gasteiger charge is -2.22. The lowest BCUT2D eigenvalue weighted by Crippen LogP contribution is -2.34. The number of halogens is 1. The molecule has 2 amide bonds. The van der Waals surface area contributed by atoms with Gasteiger partial charge in [-0.2, -0.15) is 0 Å². The van der Waals surface area contributed by atoms with Crippen molar-refractivity contribution < 1.29 is 14.0 Å². The molecule has 0 bridgehead atoms. The van der Waals surface area contributed by atoms with E-state index in [1.54, 1.807) is 11.0 Å². The van der Waals surface area contributed by atoms with Crippen molar-refractivity contribution >= 4 is 28.6 Å². The standard InChI is InChI=1S/C23H27FN4O2/c1-13-19(23(30)28(4)11-10-27(2)3)15-6-5-7-16(21(15)25-13)20-17-12-14(24)8-9-18(17)26-22(20)29/h8-9,12,25H,5-7,10-11H2,1-4H3,(H,26,29)/b20-16-. The second kappa shape index (κ2) is 7.72. The van der Waals surface area contributed by atoms with Gasteiger partial charge in [0.2, 0.25) is 0 Å². The lowest BCUT2D eigenvalue weighted by molar-refractivity contribution is -0.110. The Hall–Kier alpha value is -2.93. The molecule has 6 nitrogen and oxygen atoms in total. The number of aromatic nitrogens is 1. The SMILES string of the molecule is Cc1[nH]c2c(c1C(=O)N(C)CCN(C)C)CCC/C2=C1/C(=O)Nc2ccc(F)cc21. The lowest BCUT2D eigenvalue weighted by atomic mass is 9.86. The molecule has 0 unspecified atom stereocenters. The molecule has 0 fully saturated rings. The molecule has 30 heavy (non-hydrogen) atoms. The third-order valence-electron chi connectivity index (χ3n) is 5.92. The van der Waals surface area contributed by atoms with Crippen LogP contribution in [0.25, 0.3) is 11.1 Å². The number of hydrogen-bond acceptors (Lipinski definition) is 3. The van der Waals surface area contributed by atoms with Gasteiger partial charge in [0.15, 0.2) is 0 Å². The molecule has 0 radical (unpaired) electrons. The summed E-state index contributed by atoms with van der Waals surface area (Å²) in [5.74, 6) is -0.609. The van der Waals surface area contributed by atoms with Gasteiger partial charge < -0.3 is 20.1 Å². The number of aromatic amines is 1. The summed E-state index contributed by atoms with van der Waals surface area (Å²) in [6, 6.07) is 4.34. The van der Waals surface area contributed by atoms with Gasteiger partial charge in [-0.15, -0.1) is 0 Å². The van der Waals surface area contributed by atoms with Crippen molar-refractivity contribution in [3.63, 3.8) is 0 Å². The number of nitrogens with zero attached hydrogens (tertiary/aromatic N) is 2. The molecule has 1 aliphatic heterocycles. The van der Waals surface area contributed by atoms with Crippen LogP contribution < -0.4 is 5.32 Å². The summed E-state index contributed by atoms with van der Waals surface area (Å²) in [4.78, 5) is 33.1. The largest absolute Gasteiger partial charge is 0.358 e. The van der Waals surface area contributed by atoms with Gasteiger partial charge in [0, 0.05) is 42.8 Å². The van der Waals surface area contributed by atoms with Gasteiger partial charge in [-0.05, 0) is 69.6 Å². The van der Waals surface area contributed by atoms with E-state index < -0.39 is 0 Å². The number of likely N-dealkylation sites (N-methyl/N-ethyl adjacent to an activating group) is 2. The Morgan fingerprint density at radius 2 is 1.93 bits per heavy atom. The average molecular weight is 410 g/mol. The van der Waals surface area contributed by atoms with Gasteiger partial charge in [-0.3, -0.25) is 9.59 Å². The van der Waals surface area contributed by atoms with Crippen molar-refractivity contribution in [2.24, 2.45) is 0 Å². The fourth-order valence-corrected chi connectivity index (χ4v) is 4.37. The molecule has 1 aromatic heterocycles. The molecule has 2 N–H and O–H groups in total. The molecular weight excluding hydrogens is 383 g/mol. The van der Waals surface area contributed by atoms with Crippen molar-refractivity contribution in [3.8, 4) is 0 Å². The molecular formula is C23H27FN4O2. The van der Waals surface area contributed by atoms with Gasteiger partial charge in [-0.25, -0.2) is 4.39 Å². The highest BCUT2D eigenvalue weighted by Crippen LogP contribution is 2.43. The molecule has 0 saturated heterocycles. The molecule has 0 spiro atoms. The van der Waals surface area contributed by atoms with Gasteiger partial charge in [0.1, 0.15) is 5.82 Å². The minimum atomic E-state index is -0.375. The Labute approximate surface area is 175 Å². The number of allylic oxidation sites excluding steroid dienone is 1. The maximum Gasteiger partial charge on any atom is 0.256 e. The number of aryl methyl sites for hydroxylation is 1. The summed E-state index contributed by atoms with van der Waals surface area (Å²) in [6.07, 6.45) is 2.31. The number of fused-ring (bicyclic) bond motifs is 2. The highest BCUT2D eigenvalue weighted by atomic mass is 19.1. The smallest absolute Gasteiger partial charge is 0.256 e. The normalized spacial score (nSPS) is 17.7. The number of H-pyrrole nitrogens is 1. The average Bonchev–Trinajstić information content (AvgIpc) is 3.20. The zero-order valence-corrected chi connectivity index (χ0v) is 17.9. The number of hydrogen-bond donors (Lipinski definition) is 2. The number of anilines is 1.